The lowest BCUT2D eigenvalue weighted by molar-refractivity contribution is -0.138. The molecule has 0 aliphatic heterocycles. The van der Waals surface area contributed by atoms with Crippen molar-refractivity contribution in [3.05, 3.63) is 30.1 Å². The normalized spacial score (nSPS) is 14.0. The third-order valence-electron chi connectivity index (χ3n) is 3.24. The van der Waals surface area contributed by atoms with Gasteiger partial charge in [0.05, 0.1) is 16.7 Å². The number of alkyl halides is 6. The summed E-state index contributed by atoms with van der Waals surface area (Å²) in [6.07, 6.45) is -3.88. The van der Waals surface area contributed by atoms with Crippen molar-refractivity contribution in [2.75, 3.05) is 0 Å². The smallest absolute Gasteiger partial charge is 0.578 e. The lowest BCUT2D eigenvalue weighted by Gasteiger charge is -2.10. The minimum absolute atomic E-state index is 0.320. The molecule has 0 N–H and O–H groups in total. The number of pyridine rings is 2. The molecule has 0 spiro atoms. The van der Waals surface area contributed by atoms with E-state index in [0.717, 1.165) is 6.07 Å². The number of oxazole rings is 1. The first-order chi connectivity index (χ1) is 12.9. The minimum atomic E-state index is -5.05. The monoisotopic (exact) mass is 445 g/mol. The van der Waals surface area contributed by atoms with Crippen LogP contribution in [-0.4, -0.2) is 33.4 Å². The second-order valence-corrected chi connectivity index (χ2v) is 7.54. The van der Waals surface area contributed by atoms with Crippen molar-refractivity contribution in [2.45, 2.75) is 21.5 Å². The molecule has 150 valence electrons. The van der Waals surface area contributed by atoms with Crippen molar-refractivity contribution in [1.82, 2.24) is 15.0 Å². The van der Waals surface area contributed by atoms with Gasteiger partial charge in [0.15, 0.2) is 15.6 Å². The summed E-state index contributed by atoms with van der Waals surface area (Å²) in [6.45, 7) is 0. The number of nitrogens with zero attached hydrogens (tertiary/aromatic N) is 3. The van der Waals surface area contributed by atoms with Crippen LogP contribution in [0.3, 0.4) is 0 Å². The van der Waals surface area contributed by atoms with E-state index in [9.17, 15) is 39.3 Å². The Morgan fingerprint density at radius 3 is 2.29 bits per heavy atom. The summed E-state index contributed by atoms with van der Waals surface area (Å²) in [7, 11) is -3.54. The van der Waals surface area contributed by atoms with E-state index in [1.807, 2.05) is 0 Å². The van der Waals surface area contributed by atoms with Gasteiger partial charge in [0.2, 0.25) is 11.6 Å². The number of halogens is 6. The van der Waals surface area contributed by atoms with Crippen molar-refractivity contribution in [3.8, 4) is 11.6 Å². The molecule has 1 atom stereocenters. The highest BCUT2D eigenvalue weighted by molar-refractivity contribution is 7.92. The number of aromatic nitrogens is 3. The third kappa shape index (κ3) is 3.90. The molecule has 15 heteroatoms. The van der Waals surface area contributed by atoms with Gasteiger partial charge in [-0.15, -0.1) is 13.2 Å². The second-order valence-electron chi connectivity index (χ2n) is 5.08. The van der Waals surface area contributed by atoms with E-state index in [4.69, 9.17) is 4.42 Å². The zero-order chi connectivity index (χ0) is 20.9. The molecule has 3 rings (SSSR count). The predicted octanol–water partition coefficient (Wildman–Crippen LogP) is 2.90. The van der Waals surface area contributed by atoms with Gasteiger partial charge < -0.3 is 8.97 Å². The number of fused-ring (bicyclic) bond motifs is 1. The largest absolute Gasteiger partial charge is 0.604 e. The molecule has 0 radical (unpaired) electrons. The predicted molar refractivity (Wildman–Crippen MR) is 81.1 cm³/mol. The SMILES string of the molecule is O=[SH](=O)c1cc(C(F)(F)F)cnc1-c1nc2cc([S+]([O-])C(F)(F)F)cnc2o1. The van der Waals surface area contributed by atoms with Crippen LogP contribution in [0.25, 0.3) is 22.8 Å². The summed E-state index contributed by atoms with van der Waals surface area (Å²) < 4.78 is 115. The molecule has 0 bridgehead atoms. The summed E-state index contributed by atoms with van der Waals surface area (Å²) >= 11 is -3.40. The summed E-state index contributed by atoms with van der Waals surface area (Å²) in [4.78, 5) is 9.02. The maximum Gasteiger partial charge on any atom is 0.578 e. The van der Waals surface area contributed by atoms with Gasteiger partial charge in [-0.1, -0.05) is 0 Å². The highest BCUT2D eigenvalue weighted by atomic mass is 32.2. The van der Waals surface area contributed by atoms with Crippen LogP contribution in [0.15, 0.2) is 38.7 Å². The van der Waals surface area contributed by atoms with Crippen LogP contribution in [0.4, 0.5) is 26.3 Å². The van der Waals surface area contributed by atoms with Gasteiger partial charge in [-0.05, 0) is 6.07 Å². The van der Waals surface area contributed by atoms with E-state index in [0.29, 0.717) is 18.5 Å². The van der Waals surface area contributed by atoms with Gasteiger partial charge >= 0.3 is 11.7 Å². The van der Waals surface area contributed by atoms with E-state index in [2.05, 4.69) is 15.0 Å². The molecule has 0 saturated heterocycles. The maximum atomic E-state index is 12.7. The molecule has 3 aromatic rings. The zero-order valence-corrected chi connectivity index (χ0v) is 14.6. The van der Waals surface area contributed by atoms with Crippen LogP contribution >= 0.6 is 0 Å². The van der Waals surface area contributed by atoms with Crippen LogP contribution in [0.2, 0.25) is 0 Å². The Balaban J connectivity index is 2.12. The molecular formula is C13H5F6N3O4S2. The number of hydrogen-bond donors (Lipinski definition) is 1. The molecule has 0 aliphatic rings. The summed E-state index contributed by atoms with van der Waals surface area (Å²) in [5.74, 6) is -0.583. The third-order valence-corrected chi connectivity index (χ3v) is 5.05. The Morgan fingerprint density at radius 2 is 1.71 bits per heavy atom. The lowest BCUT2D eigenvalue weighted by Crippen LogP contribution is -2.23. The molecule has 1 unspecified atom stereocenters. The van der Waals surface area contributed by atoms with E-state index < -0.39 is 60.5 Å². The number of thiol groups is 1. The molecule has 7 nitrogen and oxygen atoms in total. The second kappa shape index (κ2) is 6.89. The summed E-state index contributed by atoms with van der Waals surface area (Å²) in [5, 5.41) is 0. The average Bonchev–Trinajstić information content (AvgIpc) is 3.01. The Labute approximate surface area is 155 Å². The molecule has 0 saturated carbocycles. The van der Waals surface area contributed by atoms with Crippen molar-refractivity contribution < 1.29 is 43.7 Å². The molecule has 0 fully saturated rings. The number of rotatable bonds is 3. The van der Waals surface area contributed by atoms with E-state index in [1.54, 1.807) is 0 Å². The van der Waals surface area contributed by atoms with E-state index in [1.165, 1.54) is 0 Å². The molecule has 0 aliphatic carbocycles. The minimum Gasteiger partial charge on any atom is -0.604 e. The van der Waals surface area contributed by atoms with Crippen LogP contribution in [-0.2, 0) is 28.1 Å². The van der Waals surface area contributed by atoms with Gasteiger partial charge in [0.25, 0.3) is 0 Å². The van der Waals surface area contributed by atoms with Crippen molar-refractivity contribution in [2.24, 2.45) is 0 Å². The van der Waals surface area contributed by atoms with Crippen molar-refractivity contribution >= 4 is 33.1 Å². The highest BCUT2D eigenvalue weighted by Crippen LogP contribution is 2.34. The first-order valence-corrected chi connectivity index (χ1v) is 9.18. The first-order valence-electron chi connectivity index (χ1n) is 6.85. The Bertz CT molecular complexity index is 1120. The first kappa shape index (κ1) is 20.3. The van der Waals surface area contributed by atoms with E-state index >= 15 is 0 Å². The molecule has 0 aromatic carbocycles. The quantitative estimate of drug-likeness (QED) is 0.375. The Morgan fingerprint density at radius 1 is 1.04 bits per heavy atom. The fourth-order valence-corrected chi connectivity index (χ4v) is 3.26. The van der Waals surface area contributed by atoms with Gasteiger partial charge in [-0.2, -0.15) is 13.2 Å². The van der Waals surface area contributed by atoms with Gasteiger partial charge in [-0.25, -0.2) is 23.4 Å². The topological polar surface area (TPSA) is 109 Å². The summed E-state index contributed by atoms with van der Waals surface area (Å²) in [6, 6.07) is 1.07. The highest BCUT2D eigenvalue weighted by Gasteiger charge is 2.46. The summed E-state index contributed by atoms with van der Waals surface area (Å²) in [5.41, 5.74) is -7.64. The molecule has 28 heavy (non-hydrogen) atoms. The molecule has 3 aromatic heterocycles. The van der Waals surface area contributed by atoms with Crippen molar-refractivity contribution in [1.29, 1.82) is 0 Å². The average molecular weight is 445 g/mol. The van der Waals surface area contributed by atoms with Crippen LogP contribution in [0.1, 0.15) is 5.56 Å². The molecular weight excluding hydrogens is 440 g/mol. The standard InChI is InChI=1S/C13H5F6N3O4S2/c14-12(15,16)5-1-8(28(24)25)9(20-3-5)11-22-7-2-6(4-21-10(7)26-11)27(23)13(17,18)19/h1-4,28H. The Kier molecular flexibility index (Phi) is 5.01. The van der Waals surface area contributed by atoms with Crippen LogP contribution in [0.5, 0.6) is 0 Å². The van der Waals surface area contributed by atoms with Crippen molar-refractivity contribution in [3.63, 3.8) is 0 Å². The van der Waals surface area contributed by atoms with Crippen LogP contribution in [0, 0.1) is 0 Å². The fourth-order valence-electron chi connectivity index (χ4n) is 2.05. The lowest BCUT2D eigenvalue weighted by atomic mass is 10.2. The Hall–Kier alpha value is -2.39. The number of hydrogen-bond acceptors (Lipinski definition) is 7. The maximum absolute atomic E-state index is 12.7. The zero-order valence-electron chi connectivity index (χ0n) is 12.9. The van der Waals surface area contributed by atoms with Gasteiger partial charge in [0.1, 0.15) is 22.4 Å². The van der Waals surface area contributed by atoms with E-state index in [-0.39, 0.29) is 11.2 Å². The molecule has 3 heterocycles. The van der Waals surface area contributed by atoms with Gasteiger partial charge in [-0.3, -0.25) is 0 Å². The molecule has 0 amide bonds. The van der Waals surface area contributed by atoms with Gasteiger partial charge in [0, 0.05) is 12.3 Å². The fraction of sp³-hybridized carbons (Fsp3) is 0.154. The van der Waals surface area contributed by atoms with Crippen LogP contribution < -0.4 is 0 Å².